The molecule has 0 radical (unpaired) electrons. The highest BCUT2D eigenvalue weighted by atomic mass is 16.5. The van der Waals surface area contributed by atoms with Gasteiger partial charge in [-0.05, 0) is 62.6 Å². The molecular weight excluding hydrogens is 480 g/mol. The van der Waals surface area contributed by atoms with Crippen LogP contribution in [0.15, 0.2) is 35.1 Å². The SMILES string of the molecule is CC(C)(C)c1cc(C(=O)N2CCC3(CCCCc4ccccc4OC[C@@H]4CCCN4C3=O)CC2)nc(=O)[nH]1. The lowest BCUT2D eigenvalue weighted by atomic mass is 9.72. The monoisotopic (exact) mass is 520 g/mol. The normalized spacial score (nSPS) is 22.2. The average molecular weight is 521 g/mol. The number of carbonyl (C=O) groups is 2. The second kappa shape index (κ2) is 10.5. The van der Waals surface area contributed by atoms with Gasteiger partial charge >= 0.3 is 5.69 Å². The lowest BCUT2D eigenvalue weighted by Gasteiger charge is -2.44. The van der Waals surface area contributed by atoms with Crippen molar-refractivity contribution < 1.29 is 14.3 Å². The fourth-order valence-electron chi connectivity index (χ4n) is 6.24. The van der Waals surface area contributed by atoms with Gasteiger partial charge in [0.15, 0.2) is 0 Å². The van der Waals surface area contributed by atoms with E-state index in [0.29, 0.717) is 38.2 Å². The van der Waals surface area contributed by atoms with Gasteiger partial charge in [-0.15, -0.1) is 0 Å². The van der Waals surface area contributed by atoms with Crippen molar-refractivity contribution in [3.63, 3.8) is 0 Å². The highest BCUT2D eigenvalue weighted by molar-refractivity contribution is 5.93. The highest BCUT2D eigenvalue weighted by Gasteiger charge is 2.46. The van der Waals surface area contributed by atoms with Gasteiger partial charge in [0.05, 0.1) is 11.5 Å². The summed E-state index contributed by atoms with van der Waals surface area (Å²) < 4.78 is 6.26. The number of H-pyrrole nitrogens is 1. The van der Waals surface area contributed by atoms with Crippen LogP contribution in [-0.4, -0.2) is 63.9 Å². The number of para-hydroxylation sites is 1. The Balaban J connectivity index is 1.34. The third-order valence-corrected chi connectivity index (χ3v) is 8.63. The summed E-state index contributed by atoms with van der Waals surface area (Å²) in [4.78, 5) is 50.3. The predicted octanol–water partition coefficient (Wildman–Crippen LogP) is 4.09. The van der Waals surface area contributed by atoms with Crippen molar-refractivity contribution in [2.24, 2.45) is 5.41 Å². The number of aromatic nitrogens is 2. The molecule has 3 aliphatic heterocycles. The topological polar surface area (TPSA) is 95.6 Å². The van der Waals surface area contributed by atoms with Gasteiger partial charge in [-0.2, -0.15) is 4.98 Å². The van der Waals surface area contributed by atoms with Crippen molar-refractivity contribution in [3.05, 3.63) is 57.8 Å². The van der Waals surface area contributed by atoms with E-state index in [1.165, 1.54) is 5.56 Å². The zero-order valence-corrected chi connectivity index (χ0v) is 22.9. The van der Waals surface area contributed by atoms with Crippen LogP contribution >= 0.6 is 0 Å². The number of ether oxygens (including phenoxy) is 1. The number of fused-ring (bicyclic) bond motifs is 2. The number of likely N-dealkylation sites (tertiary alicyclic amines) is 1. The molecule has 5 rings (SSSR count). The van der Waals surface area contributed by atoms with Crippen LogP contribution in [0, 0.1) is 5.41 Å². The standard InChI is InChI=1S/C30H40N4O4/c1-29(2,3)25-19-23(31-28(37)32-25)26(35)33-17-14-30(15-18-33)13-7-6-10-21-9-4-5-12-24(21)38-20-22-11-8-16-34(22)27(30)36/h4-5,9,12,19,22H,6-8,10-11,13-18,20H2,1-3H3,(H,31,32,37)/t22-/m0/s1. The summed E-state index contributed by atoms with van der Waals surface area (Å²) in [5.41, 5.74) is 0.824. The smallest absolute Gasteiger partial charge is 0.345 e. The van der Waals surface area contributed by atoms with Gasteiger partial charge in [-0.3, -0.25) is 9.59 Å². The molecule has 2 amide bonds. The van der Waals surface area contributed by atoms with Crippen LogP contribution in [0.1, 0.15) is 87.5 Å². The van der Waals surface area contributed by atoms with E-state index in [1.54, 1.807) is 11.0 Å². The molecule has 38 heavy (non-hydrogen) atoms. The number of aryl methyl sites for hydroxylation is 1. The Morgan fingerprint density at radius 1 is 1.05 bits per heavy atom. The summed E-state index contributed by atoms with van der Waals surface area (Å²) in [6, 6.07) is 10.0. The van der Waals surface area contributed by atoms with Crippen LogP contribution in [-0.2, 0) is 16.6 Å². The highest BCUT2D eigenvalue weighted by Crippen LogP contribution is 2.41. The lowest BCUT2D eigenvalue weighted by Crippen LogP contribution is -2.53. The number of benzene rings is 1. The third kappa shape index (κ3) is 5.36. The van der Waals surface area contributed by atoms with Crippen molar-refractivity contribution in [1.29, 1.82) is 0 Å². The minimum absolute atomic E-state index is 0.0857. The zero-order valence-electron chi connectivity index (χ0n) is 22.9. The number of amides is 2. The van der Waals surface area contributed by atoms with Gasteiger partial charge in [0.25, 0.3) is 5.91 Å². The van der Waals surface area contributed by atoms with E-state index in [9.17, 15) is 14.4 Å². The van der Waals surface area contributed by atoms with E-state index in [2.05, 4.69) is 27.0 Å². The van der Waals surface area contributed by atoms with Crippen molar-refractivity contribution >= 4 is 11.8 Å². The number of rotatable bonds is 1. The van der Waals surface area contributed by atoms with Crippen LogP contribution in [0.5, 0.6) is 5.75 Å². The molecule has 0 aliphatic carbocycles. The molecule has 8 heteroatoms. The Kier molecular flexibility index (Phi) is 7.34. The number of hydrogen-bond acceptors (Lipinski definition) is 5. The average Bonchev–Trinajstić information content (AvgIpc) is 3.37. The fraction of sp³-hybridized carbons (Fsp3) is 0.600. The van der Waals surface area contributed by atoms with E-state index in [0.717, 1.165) is 50.8 Å². The molecule has 3 aliphatic rings. The third-order valence-electron chi connectivity index (χ3n) is 8.63. The number of carbonyl (C=O) groups excluding carboxylic acids is 2. The first-order valence-corrected chi connectivity index (χ1v) is 14.1. The second-order valence-electron chi connectivity index (χ2n) is 12.2. The van der Waals surface area contributed by atoms with Gasteiger partial charge in [0.2, 0.25) is 5.91 Å². The van der Waals surface area contributed by atoms with Crippen molar-refractivity contribution in [2.45, 2.75) is 83.6 Å². The van der Waals surface area contributed by atoms with Gasteiger partial charge in [-0.1, -0.05) is 45.4 Å². The molecule has 0 unspecified atom stereocenters. The number of nitrogens with zero attached hydrogens (tertiary/aromatic N) is 3. The number of aromatic amines is 1. The van der Waals surface area contributed by atoms with Crippen molar-refractivity contribution in [1.82, 2.24) is 19.8 Å². The molecule has 0 saturated carbocycles. The van der Waals surface area contributed by atoms with Crippen LogP contribution in [0.2, 0.25) is 0 Å². The van der Waals surface area contributed by atoms with Crippen LogP contribution in [0.4, 0.5) is 0 Å². The van der Waals surface area contributed by atoms with E-state index in [-0.39, 0.29) is 29.0 Å². The summed E-state index contributed by atoms with van der Waals surface area (Å²) >= 11 is 0. The van der Waals surface area contributed by atoms with Crippen LogP contribution in [0.3, 0.4) is 0 Å². The first kappa shape index (κ1) is 26.4. The molecule has 2 fully saturated rings. The Labute approximate surface area is 224 Å². The van der Waals surface area contributed by atoms with E-state index < -0.39 is 11.1 Å². The molecule has 8 nitrogen and oxygen atoms in total. The maximum atomic E-state index is 14.1. The Hall–Kier alpha value is -3.16. The Morgan fingerprint density at radius 3 is 2.58 bits per heavy atom. The van der Waals surface area contributed by atoms with Crippen molar-refractivity contribution in [3.8, 4) is 5.75 Å². The van der Waals surface area contributed by atoms with E-state index in [1.807, 2.05) is 32.9 Å². The van der Waals surface area contributed by atoms with E-state index in [4.69, 9.17) is 4.74 Å². The van der Waals surface area contributed by atoms with Crippen molar-refractivity contribution in [2.75, 3.05) is 26.2 Å². The van der Waals surface area contributed by atoms with Gasteiger partial charge in [0.1, 0.15) is 18.1 Å². The first-order valence-electron chi connectivity index (χ1n) is 14.1. The molecule has 4 heterocycles. The first-order chi connectivity index (χ1) is 18.2. The summed E-state index contributed by atoms with van der Waals surface area (Å²) in [6.45, 7) is 8.23. The van der Waals surface area contributed by atoms with Gasteiger partial charge < -0.3 is 19.5 Å². The maximum absolute atomic E-state index is 14.1. The summed E-state index contributed by atoms with van der Waals surface area (Å²) in [5, 5.41) is 0. The molecule has 0 bridgehead atoms. The second-order valence-corrected chi connectivity index (χ2v) is 12.2. The van der Waals surface area contributed by atoms with Gasteiger partial charge in [0, 0.05) is 30.7 Å². The largest absolute Gasteiger partial charge is 0.491 e. The summed E-state index contributed by atoms with van der Waals surface area (Å²) in [5.74, 6) is 0.937. The summed E-state index contributed by atoms with van der Waals surface area (Å²) in [7, 11) is 0. The number of piperidine rings is 1. The predicted molar refractivity (Wildman–Crippen MR) is 145 cm³/mol. The lowest BCUT2D eigenvalue weighted by molar-refractivity contribution is -0.147. The molecule has 1 atom stereocenters. The molecule has 2 saturated heterocycles. The molecular formula is C30H40N4O4. The number of nitrogens with one attached hydrogen (secondary N) is 1. The molecule has 1 N–H and O–H groups in total. The summed E-state index contributed by atoms with van der Waals surface area (Å²) in [6.07, 6.45) is 6.93. The molecule has 2 aromatic rings. The molecule has 1 aromatic carbocycles. The Bertz CT molecular complexity index is 1240. The minimum atomic E-state index is -0.507. The van der Waals surface area contributed by atoms with Crippen LogP contribution in [0.25, 0.3) is 0 Å². The quantitative estimate of drug-likeness (QED) is 0.611. The van der Waals surface area contributed by atoms with E-state index >= 15 is 0 Å². The minimum Gasteiger partial charge on any atom is -0.491 e. The maximum Gasteiger partial charge on any atom is 0.345 e. The Morgan fingerprint density at radius 2 is 1.82 bits per heavy atom. The number of hydrogen-bond donors (Lipinski definition) is 1. The van der Waals surface area contributed by atoms with Gasteiger partial charge in [-0.25, -0.2) is 4.79 Å². The fourth-order valence-corrected chi connectivity index (χ4v) is 6.24. The zero-order chi connectivity index (χ0) is 26.9. The van der Waals surface area contributed by atoms with Crippen LogP contribution < -0.4 is 10.4 Å². The molecule has 1 aromatic heterocycles. The molecule has 204 valence electrons. The molecule has 1 spiro atoms.